The molecule has 5 heavy (non-hydrogen) atoms. The molecule has 0 radical (unpaired) electrons. The van der Waals surface area contributed by atoms with Gasteiger partial charge in [0, 0.05) is 0 Å². The lowest BCUT2D eigenvalue weighted by atomic mass is 10.7. The summed E-state index contributed by atoms with van der Waals surface area (Å²) in [6.07, 6.45) is 3.71. The lowest BCUT2D eigenvalue weighted by molar-refractivity contribution is 0.0850. The van der Waals surface area contributed by atoms with Gasteiger partial charge in [0.25, 0.3) is 5.79 Å². The van der Waals surface area contributed by atoms with Crippen molar-refractivity contribution in [2.45, 2.75) is 5.79 Å². The minimum absolute atomic E-state index is 0.250. The highest BCUT2D eigenvalue weighted by molar-refractivity contribution is 5.27. The molecule has 1 aliphatic carbocycles. The van der Waals surface area contributed by atoms with Crippen LogP contribution < -0.4 is 0 Å². The Labute approximate surface area is 28.9 Å². The number of rotatable bonds is 0. The molecule has 2 nitrogen and oxygen atoms in total. The molecular weight excluding hydrogens is 68.0 g/mol. The molecule has 2 heteroatoms. The molecule has 2 rings (SSSR count). The summed E-state index contributed by atoms with van der Waals surface area (Å²) in [5.74, 6) is -0.250. The molecule has 1 heterocycles. The smallest absolute Gasteiger partial charge is 0.185 e. The van der Waals surface area contributed by atoms with E-state index in [0.717, 1.165) is 0 Å². The molecule has 0 atom stereocenters. The van der Waals surface area contributed by atoms with Gasteiger partial charge in [-0.3, -0.25) is 0 Å². The van der Waals surface area contributed by atoms with E-state index in [0.29, 0.717) is 0 Å². The van der Waals surface area contributed by atoms with E-state index >= 15 is 0 Å². The Morgan fingerprint density at radius 2 is 1.80 bits per heavy atom. The van der Waals surface area contributed by atoms with E-state index < -0.39 is 0 Å². The average Bonchev–Trinajstić information content (AvgIpc) is 2.17. The third kappa shape index (κ3) is 0.108. The van der Waals surface area contributed by atoms with E-state index in [1.54, 1.807) is 0 Å². The molecule has 26 valence electrons. The van der Waals surface area contributed by atoms with Crippen molar-refractivity contribution in [2.24, 2.45) is 0 Å². The topological polar surface area (TPSA) is 25.1 Å². The van der Waals surface area contributed by atoms with Crippen molar-refractivity contribution in [2.75, 3.05) is 0 Å². The third-order valence-corrected chi connectivity index (χ3v) is 0.715. The zero-order valence-corrected chi connectivity index (χ0v) is 2.47. The van der Waals surface area contributed by atoms with Crippen molar-refractivity contribution in [3.63, 3.8) is 0 Å². The predicted octanol–water partition coefficient (Wildman–Crippen LogP) is 0.214. The second-order valence-corrected chi connectivity index (χ2v) is 1.22. The first-order chi connectivity index (χ1) is 2.41. The van der Waals surface area contributed by atoms with Crippen molar-refractivity contribution in [3.05, 3.63) is 12.2 Å². The Morgan fingerprint density at radius 3 is 1.80 bits per heavy atom. The summed E-state index contributed by atoms with van der Waals surface area (Å²) in [7, 11) is 0. The summed E-state index contributed by atoms with van der Waals surface area (Å²) in [5.41, 5.74) is 0. The van der Waals surface area contributed by atoms with E-state index in [9.17, 15) is 0 Å². The molecular formula is C3H2O2. The minimum Gasteiger partial charge on any atom is -0.185 e. The quantitative estimate of drug-likeness (QED) is 0.231. The fraction of sp³-hybridized carbons (Fsp3) is 0.333. The SMILES string of the molecule is C1=CC12OO2. The first kappa shape index (κ1) is 1.95. The molecule has 0 amide bonds. The molecule has 0 saturated carbocycles. The molecule has 0 N–H and O–H groups in total. The summed E-state index contributed by atoms with van der Waals surface area (Å²) in [6, 6.07) is 0. The van der Waals surface area contributed by atoms with Crippen molar-refractivity contribution in [1.82, 2.24) is 0 Å². The second-order valence-electron chi connectivity index (χ2n) is 1.22. The molecule has 0 bridgehead atoms. The van der Waals surface area contributed by atoms with Crippen LogP contribution in [0.1, 0.15) is 0 Å². The van der Waals surface area contributed by atoms with Gasteiger partial charge in [-0.05, 0) is 12.2 Å². The Bertz CT molecular complexity index is 83.1. The average molecular weight is 70.0 g/mol. The molecule has 2 aliphatic rings. The highest BCUT2D eigenvalue weighted by Gasteiger charge is 2.53. The minimum atomic E-state index is -0.250. The molecule has 1 spiro atoms. The fourth-order valence-corrected chi connectivity index (χ4v) is 0.227. The molecule has 0 aromatic heterocycles. The Balaban J connectivity index is 2.37. The van der Waals surface area contributed by atoms with E-state index in [2.05, 4.69) is 9.78 Å². The van der Waals surface area contributed by atoms with Crippen LogP contribution in [0.3, 0.4) is 0 Å². The van der Waals surface area contributed by atoms with Gasteiger partial charge in [-0.15, -0.1) is 0 Å². The third-order valence-electron chi connectivity index (χ3n) is 0.715. The monoisotopic (exact) mass is 70.0 g/mol. The van der Waals surface area contributed by atoms with Gasteiger partial charge in [0.05, 0.1) is 0 Å². The summed E-state index contributed by atoms with van der Waals surface area (Å²) in [4.78, 5) is 8.79. The summed E-state index contributed by atoms with van der Waals surface area (Å²) < 4.78 is 0. The lowest BCUT2D eigenvalue weighted by Crippen LogP contribution is -1.73. The Kier molecular flexibility index (Phi) is 0.108. The fourth-order valence-electron chi connectivity index (χ4n) is 0.227. The normalized spacial score (nSPS) is 35.2. The first-order valence-corrected chi connectivity index (χ1v) is 1.49. The van der Waals surface area contributed by atoms with Crippen LogP contribution in [0.4, 0.5) is 0 Å². The van der Waals surface area contributed by atoms with E-state index in [4.69, 9.17) is 0 Å². The molecule has 1 saturated heterocycles. The zero-order valence-electron chi connectivity index (χ0n) is 2.47. The molecule has 1 fully saturated rings. The van der Waals surface area contributed by atoms with E-state index in [1.807, 2.05) is 12.2 Å². The standard InChI is InChI=1S/C3H2O2/c1-2-3(1)4-5-3/h1-2H. The maximum absolute atomic E-state index is 4.40. The van der Waals surface area contributed by atoms with Crippen LogP contribution in [0.25, 0.3) is 0 Å². The summed E-state index contributed by atoms with van der Waals surface area (Å²) in [6.45, 7) is 0. The van der Waals surface area contributed by atoms with Gasteiger partial charge in [0.15, 0.2) is 0 Å². The van der Waals surface area contributed by atoms with Crippen molar-refractivity contribution in [3.8, 4) is 0 Å². The van der Waals surface area contributed by atoms with Gasteiger partial charge in [-0.1, -0.05) is 0 Å². The molecule has 0 aromatic rings. The maximum atomic E-state index is 4.40. The summed E-state index contributed by atoms with van der Waals surface area (Å²) >= 11 is 0. The van der Waals surface area contributed by atoms with E-state index in [1.165, 1.54) is 0 Å². The second kappa shape index (κ2) is 0.278. The van der Waals surface area contributed by atoms with Crippen LogP contribution in [0.2, 0.25) is 0 Å². The lowest BCUT2D eigenvalue weighted by Gasteiger charge is -1.50. The van der Waals surface area contributed by atoms with Crippen LogP contribution in [0.5, 0.6) is 0 Å². The highest BCUT2D eigenvalue weighted by atomic mass is 17.4. The molecule has 0 aromatic carbocycles. The largest absolute Gasteiger partial charge is 0.271 e. The van der Waals surface area contributed by atoms with Gasteiger partial charge in [-0.2, -0.15) is 9.78 Å². The Hall–Kier alpha value is -0.340. The summed E-state index contributed by atoms with van der Waals surface area (Å²) in [5, 5.41) is 0. The Morgan fingerprint density at radius 1 is 1.20 bits per heavy atom. The van der Waals surface area contributed by atoms with Crippen LogP contribution >= 0.6 is 0 Å². The van der Waals surface area contributed by atoms with Crippen molar-refractivity contribution < 1.29 is 9.78 Å². The molecule has 0 unspecified atom stereocenters. The van der Waals surface area contributed by atoms with Crippen LogP contribution in [-0.2, 0) is 9.78 Å². The van der Waals surface area contributed by atoms with Crippen molar-refractivity contribution in [1.29, 1.82) is 0 Å². The van der Waals surface area contributed by atoms with Gasteiger partial charge in [0.2, 0.25) is 0 Å². The number of hydrogen-bond donors (Lipinski definition) is 0. The van der Waals surface area contributed by atoms with Crippen LogP contribution in [-0.4, -0.2) is 5.79 Å². The number of hydrogen-bond acceptors (Lipinski definition) is 2. The predicted molar refractivity (Wildman–Crippen MR) is 14.0 cm³/mol. The maximum Gasteiger partial charge on any atom is 0.271 e. The van der Waals surface area contributed by atoms with Gasteiger partial charge < -0.3 is 0 Å². The van der Waals surface area contributed by atoms with Crippen LogP contribution in [0, 0.1) is 0 Å². The first-order valence-electron chi connectivity index (χ1n) is 1.49. The van der Waals surface area contributed by atoms with E-state index in [-0.39, 0.29) is 5.79 Å². The van der Waals surface area contributed by atoms with Gasteiger partial charge >= 0.3 is 0 Å². The zero-order chi connectivity index (χ0) is 3.33. The van der Waals surface area contributed by atoms with Gasteiger partial charge in [0.1, 0.15) is 0 Å². The van der Waals surface area contributed by atoms with Gasteiger partial charge in [-0.25, -0.2) is 0 Å². The molecule has 1 aliphatic heterocycles. The van der Waals surface area contributed by atoms with Crippen LogP contribution in [0.15, 0.2) is 12.2 Å². The van der Waals surface area contributed by atoms with Crippen molar-refractivity contribution >= 4 is 0 Å². The highest BCUT2D eigenvalue weighted by Crippen LogP contribution is 2.42.